The molecule has 0 radical (unpaired) electrons. The lowest BCUT2D eigenvalue weighted by molar-refractivity contribution is -0.163. The van der Waals surface area contributed by atoms with Crippen LogP contribution in [0.5, 0.6) is 0 Å². The lowest BCUT2D eigenvalue weighted by atomic mass is 10.0. The normalized spacial score (nSPS) is 12.0. The molecule has 0 bridgehead atoms. The van der Waals surface area contributed by atoms with Crippen LogP contribution in [0.15, 0.2) is 0 Å². The third-order valence-electron chi connectivity index (χ3n) is 8.80. The molecule has 0 spiro atoms. The van der Waals surface area contributed by atoms with Crippen LogP contribution in [-0.2, 0) is 33.3 Å². The Morgan fingerprint density at radius 2 is 0.787 bits per heavy atom. The molecule has 0 aromatic rings. The van der Waals surface area contributed by atoms with E-state index in [4.69, 9.17) is 23.7 Å². The van der Waals surface area contributed by atoms with E-state index in [1.807, 2.05) is 0 Å². The van der Waals surface area contributed by atoms with Crippen molar-refractivity contribution in [2.24, 2.45) is 0 Å². The van der Waals surface area contributed by atoms with E-state index in [9.17, 15) is 9.59 Å². The number of rotatable bonds is 39. The van der Waals surface area contributed by atoms with Crippen molar-refractivity contribution in [1.29, 1.82) is 0 Å². The van der Waals surface area contributed by atoms with Gasteiger partial charge in [-0.05, 0) is 12.8 Å². The molecule has 0 aromatic heterocycles. The first-order chi connectivity index (χ1) is 23.1. The fourth-order valence-electron chi connectivity index (χ4n) is 5.77. The Labute approximate surface area is 291 Å². The molecule has 0 saturated heterocycles. The highest BCUT2D eigenvalue weighted by molar-refractivity contribution is 5.70. The van der Waals surface area contributed by atoms with Gasteiger partial charge in [0.1, 0.15) is 6.61 Å². The topological polar surface area (TPSA) is 80.3 Å². The zero-order valence-corrected chi connectivity index (χ0v) is 31.5. The number of carbonyl (C=O) groups is 2. The standard InChI is InChI=1S/C40H78O7/c1-4-6-8-10-12-14-16-18-20-22-24-26-28-30-39(41)46-37-38(36-45-35-34-44-33-32-43-3)47-40(42)31-29-27-25-23-21-19-17-15-13-11-9-7-5-2/h38H,4-37H2,1-3H3. The molecular formula is C40H78O7. The summed E-state index contributed by atoms with van der Waals surface area (Å²) < 4.78 is 27.3. The highest BCUT2D eigenvalue weighted by Crippen LogP contribution is 2.15. The minimum absolute atomic E-state index is 0.0339. The monoisotopic (exact) mass is 671 g/mol. The summed E-state index contributed by atoms with van der Waals surface area (Å²) in [4.78, 5) is 24.9. The Hall–Kier alpha value is -1.18. The molecule has 7 nitrogen and oxygen atoms in total. The van der Waals surface area contributed by atoms with Gasteiger partial charge in [0.25, 0.3) is 0 Å². The SMILES string of the molecule is CCCCCCCCCCCCCCCC(=O)OCC(COCCOCCOC)OC(=O)CCCCCCCCCCCCCCC. The van der Waals surface area contributed by atoms with Crippen molar-refractivity contribution >= 4 is 11.9 Å². The van der Waals surface area contributed by atoms with Crippen molar-refractivity contribution in [3.8, 4) is 0 Å². The third kappa shape index (κ3) is 37.5. The Kier molecular flexibility index (Phi) is 38.3. The summed E-state index contributed by atoms with van der Waals surface area (Å²) in [5, 5.41) is 0. The molecule has 7 heteroatoms. The molecule has 1 atom stereocenters. The van der Waals surface area contributed by atoms with Gasteiger partial charge in [-0.15, -0.1) is 0 Å². The van der Waals surface area contributed by atoms with Gasteiger partial charge in [-0.25, -0.2) is 0 Å². The van der Waals surface area contributed by atoms with Crippen LogP contribution in [0.2, 0.25) is 0 Å². The van der Waals surface area contributed by atoms with Crippen LogP contribution in [0, 0.1) is 0 Å². The van der Waals surface area contributed by atoms with Crippen molar-refractivity contribution in [3.05, 3.63) is 0 Å². The zero-order valence-electron chi connectivity index (χ0n) is 31.5. The summed E-state index contributed by atoms with van der Waals surface area (Å²) in [6.45, 7) is 6.60. The molecule has 0 aliphatic carbocycles. The van der Waals surface area contributed by atoms with E-state index < -0.39 is 6.10 Å². The Balaban J connectivity index is 4.05. The van der Waals surface area contributed by atoms with Crippen LogP contribution < -0.4 is 0 Å². The Bertz CT molecular complexity index is 642. The second kappa shape index (κ2) is 39.3. The number of carbonyl (C=O) groups excluding carboxylic acids is 2. The lowest BCUT2D eigenvalue weighted by Gasteiger charge is -2.18. The van der Waals surface area contributed by atoms with Crippen molar-refractivity contribution in [3.63, 3.8) is 0 Å². The first-order valence-corrected chi connectivity index (χ1v) is 20.1. The second-order valence-electron chi connectivity index (χ2n) is 13.5. The summed E-state index contributed by atoms with van der Waals surface area (Å²) in [5.74, 6) is -0.473. The predicted octanol–water partition coefficient (Wildman–Crippen LogP) is 11.1. The number of unbranched alkanes of at least 4 members (excludes halogenated alkanes) is 24. The number of esters is 2. The maximum absolute atomic E-state index is 12.6. The van der Waals surface area contributed by atoms with E-state index in [0.717, 1.165) is 32.1 Å². The molecule has 0 amide bonds. The van der Waals surface area contributed by atoms with Gasteiger partial charge in [-0.3, -0.25) is 9.59 Å². The van der Waals surface area contributed by atoms with Crippen LogP contribution in [0.3, 0.4) is 0 Å². The molecule has 0 fully saturated rings. The van der Waals surface area contributed by atoms with Gasteiger partial charge in [0.05, 0.1) is 33.0 Å². The molecule has 47 heavy (non-hydrogen) atoms. The molecule has 0 aliphatic rings. The van der Waals surface area contributed by atoms with Crippen LogP contribution in [-0.4, -0.2) is 64.8 Å². The van der Waals surface area contributed by atoms with E-state index in [2.05, 4.69) is 13.8 Å². The van der Waals surface area contributed by atoms with E-state index in [1.54, 1.807) is 7.11 Å². The van der Waals surface area contributed by atoms with Crippen molar-refractivity contribution in [2.75, 3.05) is 46.8 Å². The van der Waals surface area contributed by atoms with Gasteiger partial charge in [0.2, 0.25) is 0 Å². The molecular weight excluding hydrogens is 592 g/mol. The van der Waals surface area contributed by atoms with Crippen molar-refractivity contribution < 1.29 is 33.3 Å². The van der Waals surface area contributed by atoms with Gasteiger partial charge in [0.15, 0.2) is 6.10 Å². The number of methoxy groups -OCH3 is 1. The number of ether oxygens (including phenoxy) is 5. The zero-order chi connectivity index (χ0) is 34.3. The van der Waals surface area contributed by atoms with Gasteiger partial charge in [-0.1, -0.05) is 168 Å². The van der Waals surface area contributed by atoms with Crippen LogP contribution in [0.25, 0.3) is 0 Å². The molecule has 0 aromatic carbocycles. The average Bonchev–Trinajstić information content (AvgIpc) is 3.07. The lowest BCUT2D eigenvalue weighted by Crippen LogP contribution is -2.30. The Morgan fingerprint density at radius 3 is 1.21 bits per heavy atom. The molecule has 280 valence electrons. The van der Waals surface area contributed by atoms with Gasteiger partial charge in [-0.2, -0.15) is 0 Å². The fourth-order valence-corrected chi connectivity index (χ4v) is 5.77. The van der Waals surface area contributed by atoms with E-state index in [-0.39, 0.29) is 25.2 Å². The Morgan fingerprint density at radius 1 is 0.426 bits per heavy atom. The van der Waals surface area contributed by atoms with Crippen molar-refractivity contribution in [2.45, 2.75) is 200 Å². The minimum atomic E-state index is -0.598. The summed E-state index contributed by atoms with van der Waals surface area (Å²) in [6.07, 6.45) is 33.2. The van der Waals surface area contributed by atoms with Crippen molar-refractivity contribution in [1.82, 2.24) is 0 Å². The van der Waals surface area contributed by atoms with E-state index >= 15 is 0 Å². The highest BCUT2D eigenvalue weighted by atomic mass is 16.6. The molecule has 0 heterocycles. The highest BCUT2D eigenvalue weighted by Gasteiger charge is 2.17. The third-order valence-corrected chi connectivity index (χ3v) is 8.80. The summed E-state index contributed by atoms with van der Waals surface area (Å²) in [5.41, 5.74) is 0. The largest absolute Gasteiger partial charge is 0.462 e. The fraction of sp³-hybridized carbons (Fsp3) is 0.950. The summed E-state index contributed by atoms with van der Waals surface area (Å²) in [7, 11) is 1.64. The van der Waals surface area contributed by atoms with Gasteiger partial charge < -0.3 is 23.7 Å². The first-order valence-electron chi connectivity index (χ1n) is 20.1. The summed E-state index contributed by atoms with van der Waals surface area (Å²) in [6, 6.07) is 0. The molecule has 0 N–H and O–H groups in total. The quantitative estimate of drug-likeness (QED) is 0.0475. The maximum atomic E-state index is 12.6. The first kappa shape index (κ1) is 45.8. The van der Waals surface area contributed by atoms with Gasteiger partial charge in [0, 0.05) is 20.0 Å². The predicted molar refractivity (Wildman–Crippen MR) is 195 cm³/mol. The van der Waals surface area contributed by atoms with E-state index in [1.165, 1.54) is 135 Å². The molecule has 0 rings (SSSR count). The molecule has 0 saturated carbocycles. The minimum Gasteiger partial charge on any atom is -0.462 e. The summed E-state index contributed by atoms with van der Waals surface area (Å²) >= 11 is 0. The van der Waals surface area contributed by atoms with Crippen LogP contribution in [0.4, 0.5) is 0 Å². The average molecular weight is 671 g/mol. The number of hydrogen-bond donors (Lipinski definition) is 0. The maximum Gasteiger partial charge on any atom is 0.306 e. The van der Waals surface area contributed by atoms with E-state index in [0.29, 0.717) is 39.3 Å². The second-order valence-corrected chi connectivity index (χ2v) is 13.5. The number of hydrogen-bond acceptors (Lipinski definition) is 7. The van der Waals surface area contributed by atoms with Crippen LogP contribution in [0.1, 0.15) is 194 Å². The smallest absolute Gasteiger partial charge is 0.306 e. The van der Waals surface area contributed by atoms with Crippen LogP contribution >= 0.6 is 0 Å². The van der Waals surface area contributed by atoms with Gasteiger partial charge >= 0.3 is 11.9 Å². The molecule has 0 aliphatic heterocycles. The molecule has 1 unspecified atom stereocenters.